The fourth-order valence-electron chi connectivity index (χ4n) is 3.12. The van der Waals surface area contributed by atoms with E-state index in [1.165, 1.54) is 36.0 Å². The lowest BCUT2D eigenvalue weighted by Gasteiger charge is -2.35. The summed E-state index contributed by atoms with van der Waals surface area (Å²) in [4.78, 5) is 4.43. The Labute approximate surface area is 109 Å². The maximum atomic E-state index is 5.94. The van der Waals surface area contributed by atoms with Crippen molar-refractivity contribution in [2.24, 2.45) is 10.9 Å². The van der Waals surface area contributed by atoms with Crippen LogP contribution in [0.3, 0.4) is 0 Å². The van der Waals surface area contributed by atoms with Crippen molar-refractivity contribution in [2.45, 2.75) is 32.1 Å². The highest BCUT2D eigenvalue weighted by Crippen LogP contribution is 2.45. The van der Waals surface area contributed by atoms with Crippen molar-refractivity contribution in [3.05, 3.63) is 41.0 Å². The number of benzene rings is 1. The minimum atomic E-state index is 0.532. The minimum Gasteiger partial charge on any atom is -0.399 e. The van der Waals surface area contributed by atoms with Crippen LogP contribution in [0.2, 0.25) is 0 Å². The minimum absolute atomic E-state index is 0.532. The second kappa shape index (κ2) is 4.60. The van der Waals surface area contributed by atoms with Crippen LogP contribution < -0.4 is 5.73 Å². The molecule has 0 amide bonds. The van der Waals surface area contributed by atoms with Gasteiger partial charge in [0.25, 0.3) is 0 Å². The number of allylic oxidation sites excluding steroid dienone is 1. The van der Waals surface area contributed by atoms with E-state index in [2.05, 4.69) is 30.1 Å². The molecule has 1 unspecified atom stereocenters. The topological polar surface area (TPSA) is 38.4 Å². The van der Waals surface area contributed by atoms with Crippen molar-refractivity contribution in [2.75, 3.05) is 12.3 Å². The second-order valence-corrected chi connectivity index (χ2v) is 5.52. The fourth-order valence-corrected chi connectivity index (χ4v) is 3.12. The molecule has 94 valence electrons. The molecular weight excluding hydrogens is 220 g/mol. The first-order valence-electron chi connectivity index (χ1n) is 6.80. The van der Waals surface area contributed by atoms with Gasteiger partial charge in [0.05, 0.1) is 6.54 Å². The van der Waals surface area contributed by atoms with Gasteiger partial charge in [-0.05, 0) is 54.5 Å². The third-order valence-electron chi connectivity index (χ3n) is 4.32. The Morgan fingerprint density at radius 1 is 1.33 bits per heavy atom. The number of nitrogen functional groups attached to an aromatic ring is 1. The zero-order valence-corrected chi connectivity index (χ0v) is 10.9. The number of anilines is 1. The number of hydrogen-bond donors (Lipinski definition) is 1. The normalized spacial score (nSPS) is 21.2. The van der Waals surface area contributed by atoms with Gasteiger partial charge < -0.3 is 5.73 Å². The first-order valence-corrected chi connectivity index (χ1v) is 6.80. The average Bonchev–Trinajstić information content (AvgIpc) is 2.69. The molecule has 1 aromatic rings. The molecule has 1 saturated carbocycles. The Balaban J connectivity index is 1.98. The fraction of sp³-hybridized carbons (Fsp3) is 0.438. The summed E-state index contributed by atoms with van der Waals surface area (Å²) in [6.45, 7) is 3.06. The smallest absolute Gasteiger partial charge is 0.0611 e. The summed E-state index contributed by atoms with van der Waals surface area (Å²) >= 11 is 0. The third-order valence-corrected chi connectivity index (χ3v) is 4.32. The van der Waals surface area contributed by atoms with Crippen LogP contribution in [0.5, 0.6) is 0 Å². The lowest BCUT2D eigenvalue weighted by molar-refractivity contribution is 0.280. The molecule has 1 aliphatic carbocycles. The summed E-state index contributed by atoms with van der Waals surface area (Å²) in [6.07, 6.45) is 6.08. The Hall–Kier alpha value is -1.57. The number of aliphatic imine (C=N–C) groups is 1. The van der Waals surface area contributed by atoms with E-state index in [1.807, 2.05) is 12.3 Å². The van der Waals surface area contributed by atoms with E-state index in [-0.39, 0.29) is 0 Å². The van der Waals surface area contributed by atoms with Gasteiger partial charge in [0.2, 0.25) is 0 Å². The molecule has 0 radical (unpaired) electrons. The molecule has 0 saturated heterocycles. The zero-order chi connectivity index (χ0) is 12.5. The van der Waals surface area contributed by atoms with Gasteiger partial charge in [0.1, 0.15) is 0 Å². The SMILES string of the molecule is CC1=C(C(c2cccc(N)c2)C2CCC2)CN=C1. The molecule has 0 spiro atoms. The predicted octanol–water partition coefficient (Wildman–Crippen LogP) is 3.55. The third kappa shape index (κ3) is 1.96. The summed E-state index contributed by atoms with van der Waals surface area (Å²) in [5.41, 5.74) is 11.0. The summed E-state index contributed by atoms with van der Waals surface area (Å²) < 4.78 is 0. The largest absolute Gasteiger partial charge is 0.399 e. The van der Waals surface area contributed by atoms with E-state index < -0.39 is 0 Å². The molecule has 1 aromatic carbocycles. The summed E-state index contributed by atoms with van der Waals surface area (Å²) in [5, 5.41) is 0. The summed E-state index contributed by atoms with van der Waals surface area (Å²) in [6, 6.07) is 8.40. The van der Waals surface area contributed by atoms with Gasteiger partial charge in [0.15, 0.2) is 0 Å². The van der Waals surface area contributed by atoms with E-state index in [0.717, 1.165) is 18.2 Å². The predicted molar refractivity (Wildman–Crippen MR) is 77.0 cm³/mol. The van der Waals surface area contributed by atoms with Gasteiger partial charge in [-0.2, -0.15) is 0 Å². The number of nitrogens with two attached hydrogens (primary N) is 1. The first-order chi connectivity index (χ1) is 8.75. The van der Waals surface area contributed by atoms with Crippen LogP contribution in [-0.2, 0) is 0 Å². The van der Waals surface area contributed by atoms with Gasteiger partial charge in [-0.3, -0.25) is 4.99 Å². The Morgan fingerprint density at radius 3 is 2.72 bits per heavy atom. The van der Waals surface area contributed by atoms with Crippen molar-refractivity contribution < 1.29 is 0 Å². The Bertz CT molecular complexity index is 510. The Kier molecular flexibility index (Phi) is 2.94. The van der Waals surface area contributed by atoms with Gasteiger partial charge in [-0.1, -0.05) is 18.6 Å². The molecule has 2 aliphatic rings. The summed E-state index contributed by atoms with van der Waals surface area (Å²) in [5.74, 6) is 1.32. The standard InChI is InChI=1S/C16H20N2/c1-11-9-18-10-15(11)16(12-4-2-5-12)13-6-3-7-14(17)8-13/h3,6-9,12,16H,2,4-5,10,17H2,1H3. The number of nitrogens with zero attached hydrogens (tertiary/aromatic N) is 1. The highest BCUT2D eigenvalue weighted by atomic mass is 14.7. The molecule has 2 N–H and O–H groups in total. The van der Waals surface area contributed by atoms with Crippen LogP contribution in [0.1, 0.15) is 37.7 Å². The number of hydrogen-bond acceptors (Lipinski definition) is 2. The molecule has 2 nitrogen and oxygen atoms in total. The van der Waals surface area contributed by atoms with Gasteiger partial charge in [-0.25, -0.2) is 0 Å². The van der Waals surface area contributed by atoms with E-state index >= 15 is 0 Å². The maximum absolute atomic E-state index is 5.94. The van der Waals surface area contributed by atoms with E-state index in [9.17, 15) is 0 Å². The lowest BCUT2D eigenvalue weighted by atomic mass is 9.69. The first kappa shape index (κ1) is 11.5. The van der Waals surface area contributed by atoms with Crippen LogP contribution in [0, 0.1) is 5.92 Å². The van der Waals surface area contributed by atoms with Gasteiger partial charge in [-0.15, -0.1) is 0 Å². The van der Waals surface area contributed by atoms with Crippen LogP contribution in [0.25, 0.3) is 0 Å². The van der Waals surface area contributed by atoms with Crippen LogP contribution >= 0.6 is 0 Å². The van der Waals surface area contributed by atoms with Crippen molar-refractivity contribution in [3.63, 3.8) is 0 Å². The van der Waals surface area contributed by atoms with E-state index in [0.29, 0.717) is 5.92 Å². The maximum Gasteiger partial charge on any atom is 0.0611 e. The van der Waals surface area contributed by atoms with Gasteiger partial charge in [0, 0.05) is 17.8 Å². The molecule has 1 heterocycles. The second-order valence-electron chi connectivity index (χ2n) is 5.52. The van der Waals surface area contributed by atoms with E-state index in [1.54, 1.807) is 0 Å². The van der Waals surface area contributed by atoms with Crippen molar-refractivity contribution in [3.8, 4) is 0 Å². The van der Waals surface area contributed by atoms with Crippen molar-refractivity contribution >= 4 is 11.9 Å². The molecule has 2 heteroatoms. The highest BCUT2D eigenvalue weighted by Gasteiger charge is 2.32. The van der Waals surface area contributed by atoms with Gasteiger partial charge >= 0.3 is 0 Å². The molecule has 1 fully saturated rings. The molecule has 1 atom stereocenters. The Morgan fingerprint density at radius 2 is 2.17 bits per heavy atom. The molecule has 0 aromatic heterocycles. The molecular formula is C16H20N2. The van der Waals surface area contributed by atoms with Crippen molar-refractivity contribution in [1.29, 1.82) is 0 Å². The summed E-state index contributed by atoms with van der Waals surface area (Å²) in [7, 11) is 0. The number of rotatable bonds is 3. The molecule has 18 heavy (non-hydrogen) atoms. The highest BCUT2D eigenvalue weighted by molar-refractivity contribution is 5.82. The monoisotopic (exact) mass is 240 g/mol. The van der Waals surface area contributed by atoms with Crippen LogP contribution in [0.4, 0.5) is 5.69 Å². The quantitative estimate of drug-likeness (QED) is 0.806. The van der Waals surface area contributed by atoms with Crippen LogP contribution in [0.15, 0.2) is 40.4 Å². The lowest BCUT2D eigenvalue weighted by Crippen LogP contribution is -2.23. The molecule has 1 aliphatic heterocycles. The molecule has 3 rings (SSSR count). The average molecular weight is 240 g/mol. The van der Waals surface area contributed by atoms with E-state index in [4.69, 9.17) is 5.73 Å². The molecule has 0 bridgehead atoms. The van der Waals surface area contributed by atoms with Crippen molar-refractivity contribution in [1.82, 2.24) is 0 Å². The zero-order valence-electron chi connectivity index (χ0n) is 10.9. The van der Waals surface area contributed by atoms with Crippen LogP contribution in [-0.4, -0.2) is 12.8 Å².